The zero-order chi connectivity index (χ0) is 7.56. The lowest BCUT2D eigenvalue weighted by atomic mass is 10.4. The molecular formula is C6H7NO2S. The van der Waals surface area contributed by atoms with Crippen molar-refractivity contribution in [3.05, 3.63) is 16.1 Å². The minimum atomic E-state index is -0.0854. The van der Waals surface area contributed by atoms with Crippen LogP contribution in [0, 0.1) is 0 Å². The molecule has 1 aromatic heterocycles. The van der Waals surface area contributed by atoms with Gasteiger partial charge in [0, 0.05) is 12.3 Å². The Balaban J connectivity index is 2.88. The van der Waals surface area contributed by atoms with Gasteiger partial charge in [0.2, 0.25) is 0 Å². The highest BCUT2D eigenvalue weighted by Gasteiger charge is 2.03. The molecule has 1 aromatic rings. The van der Waals surface area contributed by atoms with E-state index in [4.69, 9.17) is 5.11 Å². The highest BCUT2D eigenvalue weighted by atomic mass is 32.1. The van der Waals surface area contributed by atoms with Gasteiger partial charge in [-0.25, -0.2) is 4.98 Å². The molecular weight excluding hydrogens is 150 g/mol. The normalized spacial score (nSPS) is 9.80. The average molecular weight is 157 g/mol. The molecule has 1 N–H and O–H groups in total. The van der Waals surface area contributed by atoms with E-state index in [-0.39, 0.29) is 12.4 Å². The number of carbonyl (C=O) groups excluding carboxylic acids is 1. The topological polar surface area (TPSA) is 50.2 Å². The first-order chi connectivity index (χ1) is 4.74. The molecule has 10 heavy (non-hydrogen) atoms. The fraction of sp³-hybridized carbons (Fsp3) is 0.333. The van der Waals surface area contributed by atoms with E-state index in [1.54, 1.807) is 5.38 Å². The van der Waals surface area contributed by atoms with Crippen LogP contribution in [0.4, 0.5) is 0 Å². The number of nitrogens with zero attached hydrogens (tertiary/aromatic N) is 1. The largest absolute Gasteiger partial charge is 0.389 e. The Hall–Kier alpha value is -0.740. The second-order valence-electron chi connectivity index (χ2n) is 1.84. The van der Waals surface area contributed by atoms with Gasteiger partial charge in [-0.15, -0.1) is 11.3 Å². The second-order valence-corrected chi connectivity index (χ2v) is 2.78. The maximum atomic E-state index is 10.6. The number of aliphatic hydroxyl groups excluding tert-OH is 1. The third-order valence-electron chi connectivity index (χ3n) is 1.05. The molecule has 0 spiro atoms. The lowest BCUT2D eigenvalue weighted by Crippen LogP contribution is -1.92. The molecule has 0 bridgehead atoms. The summed E-state index contributed by atoms with van der Waals surface area (Å²) < 4.78 is 0. The minimum Gasteiger partial charge on any atom is -0.389 e. The van der Waals surface area contributed by atoms with Gasteiger partial charge in [-0.1, -0.05) is 0 Å². The molecule has 0 aliphatic rings. The summed E-state index contributed by atoms with van der Waals surface area (Å²) in [6, 6.07) is 0. The minimum absolute atomic E-state index is 0.0593. The number of rotatable bonds is 2. The first-order valence-electron chi connectivity index (χ1n) is 2.80. The molecule has 3 nitrogen and oxygen atoms in total. The monoisotopic (exact) mass is 157 g/mol. The summed E-state index contributed by atoms with van der Waals surface area (Å²) in [6.07, 6.45) is 0. The molecule has 0 unspecified atom stereocenters. The van der Waals surface area contributed by atoms with Crippen molar-refractivity contribution in [1.82, 2.24) is 4.98 Å². The summed E-state index contributed by atoms with van der Waals surface area (Å²) in [5, 5.41) is 10.8. The number of ketones is 1. The lowest BCUT2D eigenvalue weighted by Gasteiger charge is -1.83. The summed E-state index contributed by atoms with van der Waals surface area (Å²) >= 11 is 1.30. The van der Waals surface area contributed by atoms with Gasteiger partial charge in [0.15, 0.2) is 5.78 Å². The van der Waals surface area contributed by atoms with Gasteiger partial charge in [0.05, 0.1) is 6.61 Å². The Labute approximate surface area is 62.3 Å². The molecule has 0 aliphatic heterocycles. The molecule has 1 rings (SSSR count). The number of carbonyl (C=O) groups is 1. The molecule has 4 heteroatoms. The average Bonchev–Trinajstić information content (AvgIpc) is 2.34. The highest BCUT2D eigenvalue weighted by molar-refractivity contribution is 7.09. The van der Waals surface area contributed by atoms with Crippen LogP contribution in [0.25, 0.3) is 0 Å². The van der Waals surface area contributed by atoms with Crippen molar-refractivity contribution in [2.45, 2.75) is 13.5 Å². The van der Waals surface area contributed by atoms with E-state index in [0.717, 1.165) is 0 Å². The van der Waals surface area contributed by atoms with E-state index in [0.29, 0.717) is 10.7 Å². The number of aromatic nitrogens is 1. The maximum Gasteiger partial charge on any atom is 0.178 e. The van der Waals surface area contributed by atoms with E-state index >= 15 is 0 Å². The summed E-state index contributed by atoms with van der Waals surface area (Å²) in [4.78, 5) is 14.5. The van der Waals surface area contributed by atoms with Crippen molar-refractivity contribution in [1.29, 1.82) is 0 Å². The smallest absolute Gasteiger partial charge is 0.178 e. The summed E-state index contributed by atoms with van der Waals surface area (Å²) in [6.45, 7) is 1.37. The van der Waals surface area contributed by atoms with Gasteiger partial charge in [0.1, 0.15) is 10.7 Å². The lowest BCUT2D eigenvalue weighted by molar-refractivity contribution is 0.101. The van der Waals surface area contributed by atoms with Crippen LogP contribution >= 0.6 is 11.3 Å². The molecule has 0 amide bonds. The van der Waals surface area contributed by atoms with Crippen LogP contribution in [0.15, 0.2) is 5.38 Å². The van der Waals surface area contributed by atoms with Crippen molar-refractivity contribution in [2.24, 2.45) is 0 Å². The van der Waals surface area contributed by atoms with Gasteiger partial charge in [-0.2, -0.15) is 0 Å². The Bertz CT molecular complexity index is 244. The number of thiazole rings is 1. The van der Waals surface area contributed by atoms with E-state index in [1.807, 2.05) is 0 Å². The third-order valence-corrected chi connectivity index (χ3v) is 1.88. The van der Waals surface area contributed by atoms with Gasteiger partial charge in [-0.05, 0) is 0 Å². The number of hydrogen-bond acceptors (Lipinski definition) is 4. The van der Waals surface area contributed by atoms with Crippen LogP contribution in [0.5, 0.6) is 0 Å². The zero-order valence-electron chi connectivity index (χ0n) is 5.50. The first-order valence-corrected chi connectivity index (χ1v) is 3.68. The van der Waals surface area contributed by atoms with E-state index in [2.05, 4.69) is 4.98 Å². The molecule has 0 atom stereocenters. The van der Waals surface area contributed by atoms with E-state index in [1.165, 1.54) is 18.3 Å². The van der Waals surface area contributed by atoms with Crippen LogP contribution in [-0.2, 0) is 6.61 Å². The predicted octanol–water partition coefficient (Wildman–Crippen LogP) is 0.838. The van der Waals surface area contributed by atoms with Crippen LogP contribution in [0.1, 0.15) is 22.4 Å². The van der Waals surface area contributed by atoms with Gasteiger partial charge in [0.25, 0.3) is 0 Å². The summed E-state index contributed by atoms with van der Waals surface area (Å²) in [5.74, 6) is -0.0593. The molecule has 54 valence electrons. The molecule has 0 saturated carbocycles. The van der Waals surface area contributed by atoms with Crippen LogP contribution in [-0.4, -0.2) is 15.9 Å². The van der Waals surface area contributed by atoms with Crippen molar-refractivity contribution >= 4 is 17.1 Å². The highest BCUT2D eigenvalue weighted by Crippen LogP contribution is 2.09. The van der Waals surface area contributed by atoms with Crippen LogP contribution in [0.3, 0.4) is 0 Å². The van der Waals surface area contributed by atoms with Gasteiger partial charge < -0.3 is 5.11 Å². The summed E-state index contributed by atoms with van der Waals surface area (Å²) in [5.41, 5.74) is 0.439. The molecule has 0 aliphatic carbocycles. The van der Waals surface area contributed by atoms with E-state index in [9.17, 15) is 4.79 Å². The number of aliphatic hydroxyl groups is 1. The SMILES string of the molecule is CC(=O)c1csc(CO)n1. The maximum absolute atomic E-state index is 10.6. The van der Waals surface area contributed by atoms with Crippen LogP contribution < -0.4 is 0 Å². The quantitative estimate of drug-likeness (QED) is 0.647. The van der Waals surface area contributed by atoms with Crippen molar-refractivity contribution in [2.75, 3.05) is 0 Å². The zero-order valence-corrected chi connectivity index (χ0v) is 6.31. The Kier molecular flexibility index (Phi) is 2.13. The van der Waals surface area contributed by atoms with E-state index < -0.39 is 0 Å². The molecule has 0 aromatic carbocycles. The molecule has 0 radical (unpaired) electrons. The molecule has 1 heterocycles. The standard InChI is InChI=1S/C6H7NO2S/c1-4(9)5-3-10-6(2-8)7-5/h3,8H,2H2,1H3. The first kappa shape index (κ1) is 7.37. The summed E-state index contributed by atoms with van der Waals surface area (Å²) in [7, 11) is 0. The molecule has 0 fully saturated rings. The predicted molar refractivity (Wildman–Crippen MR) is 38.0 cm³/mol. The van der Waals surface area contributed by atoms with Gasteiger partial charge in [-0.3, -0.25) is 4.79 Å². The van der Waals surface area contributed by atoms with Crippen molar-refractivity contribution in [3.63, 3.8) is 0 Å². The second kappa shape index (κ2) is 2.90. The Morgan fingerprint density at radius 2 is 2.60 bits per heavy atom. The van der Waals surface area contributed by atoms with Crippen molar-refractivity contribution in [3.8, 4) is 0 Å². The molecule has 0 saturated heterocycles. The Morgan fingerprint density at radius 3 is 2.90 bits per heavy atom. The third kappa shape index (κ3) is 1.40. The van der Waals surface area contributed by atoms with Gasteiger partial charge >= 0.3 is 0 Å². The number of Topliss-reactive ketones (excluding diaryl/α,β-unsaturated/α-hetero) is 1. The Morgan fingerprint density at radius 1 is 1.90 bits per heavy atom. The van der Waals surface area contributed by atoms with Crippen molar-refractivity contribution < 1.29 is 9.90 Å². The fourth-order valence-electron chi connectivity index (χ4n) is 0.545. The van der Waals surface area contributed by atoms with Crippen LogP contribution in [0.2, 0.25) is 0 Å². The fourth-order valence-corrected chi connectivity index (χ4v) is 1.24. The number of hydrogen-bond donors (Lipinski definition) is 1.